The van der Waals surface area contributed by atoms with Crippen LogP contribution in [0, 0.1) is 0 Å². The molecule has 0 aromatic heterocycles. The number of allylic oxidation sites excluding steroid dienone is 1. The fraction of sp³-hybridized carbons (Fsp3) is 0.600. The first-order chi connectivity index (χ1) is 4.44. The van der Waals surface area contributed by atoms with Crippen molar-refractivity contribution in [2.45, 2.75) is 18.5 Å². The molecule has 0 amide bonds. The third-order valence-electron chi connectivity index (χ3n) is 2.11. The lowest BCUT2D eigenvalue weighted by Crippen LogP contribution is -2.56. The summed E-state index contributed by atoms with van der Waals surface area (Å²) in [5, 5.41) is 0. The lowest BCUT2D eigenvalue weighted by molar-refractivity contribution is 0.589. The second-order valence-electron chi connectivity index (χ2n) is 2.79. The second-order valence-corrected chi connectivity index (χ2v) is 10.1. The molecule has 1 aliphatic heterocycles. The zero-order chi connectivity index (χ0) is 7.99. The maximum atomic E-state index is 5.19. The predicted molar refractivity (Wildman–Crippen MR) is 46.2 cm³/mol. The van der Waals surface area contributed by atoms with Crippen molar-refractivity contribution in [3.05, 3.63) is 11.3 Å². The smallest absolute Gasteiger partial charge is 0.230 e. The van der Waals surface area contributed by atoms with Crippen LogP contribution >= 0.6 is 0 Å². The van der Waals surface area contributed by atoms with Crippen molar-refractivity contribution >= 4 is 38.3 Å². The van der Waals surface area contributed by atoms with Crippen LogP contribution in [0.2, 0.25) is 4.66 Å². The van der Waals surface area contributed by atoms with Gasteiger partial charge < -0.3 is 4.12 Å². The Morgan fingerprint density at radius 3 is 2.30 bits per heavy atom. The second kappa shape index (κ2) is 2.28. The Labute approximate surface area is 72.5 Å². The monoisotopic (exact) mass is 195 g/mol. The van der Waals surface area contributed by atoms with E-state index in [0.29, 0.717) is 0 Å². The first-order valence-corrected chi connectivity index (χ1v) is 7.38. The first-order valence-electron chi connectivity index (χ1n) is 2.99. The topological polar surface area (TPSA) is 9.23 Å². The summed E-state index contributed by atoms with van der Waals surface area (Å²) >= 11 is 0. The summed E-state index contributed by atoms with van der Waals surface area (Å²) in [4.78, 5) is 0. The highest BCUT2D eigenvalue weighted by atomic mass is 29.2. The third kappa shape index (κ3) is 0.883. The van der Waals surface area contributed by atoms with Gasteiger partial charge in [0, 0.05) is 10.2 Å². The lowest BCUT2D eigenvalue weighted by atomic mass is 10.2. The standard InChI is InChI=1S/C5H7OSi4/c1-4-3-10(9,6-8)5(4,2)7/h3H,1-2H3/t5-,10-/m1/s1. The fourth-order valence-electron chi connectivity index (χ4n) is 0.940. The van der Waals surface area contributed by atoms with Crippen molar-refractivity contribution in [2.24, 2.45) is 0 Å². The van der Waals surface area contributed by atoms with Gasteiger partial charge in [-0.25, -0.2) is 0 Å². The summed E-state index contributed by atoms with van der Waals surface area (Å²) in [6.45, 7) is 4.20. The quantitative estimate of drug-likeness (QED) is 0.539. The number of hydrogen-bond acceptors (Lipinski definition) is 1. The van der Waals surface area contributed by atoms with Gasteiger partial charge in [0.2, 0.25) is 10.5 Å². The highest BCUT2D eigenvalue weighted by molar-refractivity contribution is 7.23. The number of rotatable bonds is 1. The van der Waals surface area contributed by atoms with Crippen molar-refractivity contribution in [3.63, 3.8) is 0 Å². The molecule has 1 heterocycles. The molecule has 0 aromatic rings. The molecule has 0 saturated carbocycles. The molecule has 0 aromatic carbocycles. The minimum atomic E-state index is -1.79. The van der Waals surface area contributed by atoms with Gasteiger partial charge in [-0.15, -0.1) is 0 Å². The number of hydrogen-bond donors (Lipinski definition) is 0. The van der Waals surface area contributed by atoms with Crippen molar-refractivity contribution in [1.82, 2.24) is 0 Å². The van der Waals surface area contributed by atoms with Gasteiger partial charge in [-0.05, 0) is 11.6 Å². The molecule has 1 aliphatic rings. The molecule has 0 spiro atoms. The summed E-state index contributed by atoms with van der Waals surface area (Å²) in [6.07, 6.45) is 0. The van der Waals surface area contributed by atoms with E-state index in [1.807, 2.05) is 0 Å². The Hall–Kier alpha value is 0.568. The molecule has 5 heteroatoms. The maximum absolute atomic E-state index is 5.19. The molecular weight excluding hydrogens is 188 g/mol. The van der Waals surface area contributed by atoms with Crippen molar-refractivity contribution < 1.29 is 4.12 Å². The van der Waals surface area contributed by atoms with Crippen molar-refractivity contribution in [2.75, 3.05) is 0 Å². The fourth-order valence-corrected chi connectivity index (χ4v) is 5.74. The van der Waals surface area contributed by atoms with Crippen molar-refractivity contribution in [1.29, 1.82) is 0 Å². The minimum Gasteiger partial charge on any atom is -0.456 e. The van der Waals surface area contributed by atoms with Crippen LogP contribution in [0.4, 0.5) is 0 Å². The van der Waals surface area contributed by atoms with E-state index < -0.39 is 7.83 Å². The van der Waals surface area contributed by atoms with Gasteiger partial charge >= 0.3 is 0 Å². The normalized spacial score (nSPS) is 46.3. The lowest BCUT2D eigenvalue weighted by Gasteiger charge is -2.48. The van der Waals surface area contributed by atoms with Crippen LogP contribution < -0.4 is 0 Å². The molecule has 0 bridgehead atoms. The van der Waals surface area contributed by atoms with Crippen LogP contribution in [0.15, 0.2) is 11.3 Å². The SMILES string of the molecule is CC1=C[Si@]([Si])(O[Si])[C@@]1(C)[Si]. The Morgan fingerprint density at radius 1 is 1.70 bits per heavy atom. The van der Waals surface area contributed by atoms with Crippen molar-refractivity contribution in [3.8, 4) is 0 Å². The highest BCUT2D eigenvalue weighted by Crippen LogP contribution is 2.48. The van der Waals surface area contributed by atoms with E-state index in [9.17, 15) is 0 Å². The highest BCUT2D eigenvalue weighted by Gasteiger charge is 2.50. The van der Waals surface area contributed by atoms with Gasteiger partial charge in [0.05, 0.1) is 9.76 Å². The van der Waals surface area contributed by atoms with Gasteiger partial charge in [0.25, 0.3) is 0 Å². The molecule has 0 saturated heterocycles. The first kappa shape index (κ1) is 8.66. The molecule has 2 atom stereocenters. The van der Waals surface area contributed by atoms with E-state index >= 15 is 0 Å². The van der Waals surface area contributed by atoms with Crippen LogP contribution in [0.3, 0.4) is 0 Å². The summed E-state index contributed by atoms with van der Waals surface area (Å²) in [5.74, 6) is 0. The molecule has 49 valence electrons. The molecule has 0 aliphatic carbocycles. The minimum absolute atomic E-state index is 0.0334. The molecule has 0 N–H and O–H groups in total. The molecule has 10 heavy (non-hydrogen) atoms. The molecular formula is C5H7OSi4. The van der Waals surface area contributed by atoms with Crippen LogP contribution in [0.1, 0.15) is 13.8 Å². The Bertz CT molecular complexity index is 188. The van der Waals surface area contributed by atoms with E-state index in [0.717, 1.165) is 0 Å². The van der Waals surface area contributed by atoms with Gasteiger partial charge in [0.1, 0.15) is 0 Å². The average molecular weight is 195 g/mol. The van der Waals surface area contributed by atoms with Gasteiger partial charge in [-0.2, -0.15) is 0 Å². The molecule has 9 radical (unpaired) electrons. The molecule has 1 nitrogen and oxygen atoms in total. The zero-order valence-electron chi connectivity index (χ0n) is 5.99. The van der Waals surface area contributed by atoms with Crippen LogP contribution in [-0.2, 0) is 4.12 Å². The summed E-state index contributed by atoms with van der Waals surface area (Å²) in [5.41, 5.74) is 3.47. The van der Waals surface area contributed by atoms with Crippen LogP contribution in [-0.4, -0.2) is 38.3 Å². The van der Waals surface area contributed by atoms with Crippen LogP contribution in [0.25, 0.3) is 0 Å². The zero-order valence-corrected chi connectivity index (χ0v) is 9.99. The van der Waals surface area contributed by atoms with E-state index in [1.54, 1.807) is 0 Å². The van der Waals surface area contributed by atoms with E-state index in [1.165, 1.54) is 5.57 Å². The Balaban J connectivity index is 2.90. The maximum Gasteiger partial charge on any atom is 0.230 e. The van der Waals surface area contributed by atoms with Gasteiger partial charge in [0.15, 0.2) is 7.83 Å². The largest absolute Gasteiger partial charge is 0.456 e. The molecule has 0 fully saturated rings. The van der Waals surface area contributed by atoms with Gasteiger partial charge in [-0.1, -0.05) is 18.2 Å². The summed E-state index contributed by atoms with van der Waals surface area (Å²) in [7, 11) is 8.56. The van der Waals surface area contributed by atoms with E-state index in [4.69, 9.17) is 4.12 Å². The average Bonchev–Trinajstić information content (AvgIpc) is 1.88. The molecule has 1 rings (SSSR count). The Morgan fingerprint density at radius 2 is 2.20 bits per heavy atom. The van der Waals surface area contributed by atoms with Gasteiger partial charge in [-0.3, -0.25) is 0 Å². The predicted octanol–water partition coefficient (Wildman–Crippen LogP) is 0.0826. The summed E-state index contributed by atoms with van der Waals surface area (Å²) < 4.78 is 5.23. The molecule has 0 unspecified atom stereocenters. The summed E-state index contributed by atoms with van der Waals surface area (Å²) in [6, 6.07) is 0. The Kier molecular flexibility index (Phi) is 1.97. The van der Waals surface area contributed by atoms with E-state index in [-0.39, 0.29) is 4.66 Å². The third-order valence-corrected chi connectivity index (χ3v) is 11.2. The van der Waals surface area contributed by atoms with E-state index in [2.05, 4.69) is 50.0 Å². The van der Waals surface area contributed by atoms with Crippen LogP contribution in [0.5, 0.6) is 0 Å².